The predicted molar refractivity (Wildman–Crippen MR) is 281 cm³/mol. The molecule has 0 radical (unpaired) electrons. The van der Waals surface area contributed by atoms with Gasteiger partial charge in [0.1, 0.15) is 0 Å². The highest BCUT2D eigenvalue weighted by Crippen LogP contribution is 2.40. The average Bonchev–Trinajstić information content (AvgIpc) is 3.91. The highest BCUT2D eigenvalue weighted by Gasteiger charge is 2.16. The highest BCUT2D eigenvalue weighted by atomic mass is 15.0. The molecule has 0 saturated carbocycles. The zero-order valence-corrected chi connectivity index (χ0v) is 36.0. The molecule has 0 bridgehead atoms. The fraction of sp³-hybridized carbons (Fsp3) is 0. The van der Waals surface area contributed by atoms with E-state index < -0.39 is 0 Å². The Balaban J connectivity index is 0.823. The Morgan fingerprint density at radius 1 is 0.182 bits per heavy atom. The molecule has 0 fully saturated rings. The summed E-state index contributed by atoms with van der Waals surface area (Å²) in [4.78, 5) is 0. The summed E-state index contributed by atoms with van der Waals surface area (Å²) in [5, 5.41) is 15.3. The van der Waals surface area contributed by atoms with Gasteiger partial charge in [0.05, 0.1) is 22.1 Å². The lowest BCUT2D eigenvalue weighted by atomic mass is 9.92. The minimum atomic E-state index is 1.15. The van der Waals surface area contributed by atoms with Crippen molar-refractivity contribution in [2.24, 2.45) is 0 Å². The first kappa shape index (κ1) is 36.7. The fourth-order valence-corrected chi connectivity index (χ4v) is 10.9. The first-order valence-corrected chi connectivity index (χ1v) is 22.8. The van der Waals surface area contributed by atoms with Crippen LogP contribution in [-0.4, -0.2) is 9.13 Å². The fourth-order valence-electron chi connectivity index (χ4n) is 10.9. The van der Waals surface area contributed by atoms with Crippen molar-refractivity contribution in [3.8, 4) is 44.8 Å². The number of nitrogens with zero attached hydrogens (tertiary/aromatic N) is 2. The third-order valence-electron chi connectivity index (χ3n) is 14.1. The number of benzene rings is 12. The van der Waals surface area contributed by atoms with Crippen molar-refractivity contribution in [3.63, 3.8) is 0 Å². The topological polar surface area (TPSA) is 9.86 Å². The summed E-state index contributed by atoms with van der Waals surface area (Å²) >= 11 is 0. The van der Waals surface area contributed by atoms with E-state index in [0.29, 0.717) is 0 Å². The van der Waals surface area contributed by atoms with Crippen LogP contribution in [0.25, 0.3) is 131 Å². The molecule has 0 N–H and O–H groups in total. The quantitative estimate of drug-likeness (QED) is 0.153. The lowest BCUT2D eigenvalue weighted by molar-refractivity contribution is 1.18. The third kappa shape index (κ3) is 5.62. The molecule has 2 aromatic heterocycles. The molecule has 0 unspecified atom stereocenters. The van der Waals surface area contributed by atoms with Gasteiger partial charge in [-0.2, -0.15) is 0 Å². The number of rotatable bonds is 5. The molecule has 14 aromatic rings. The van der Waals surface area contributed by atoms with E-state index in [0.717, 1.165) is 5.69 Å². The maximum absolute atomic E-state index is 2.43. The van der Waals surface area contributed by atoms with Crippen molar-refractivity contribution in [1.82, 2.24) is 9.13 Å². The van der Waals surface area contributed by atoms with Crippen molar-refractivity contribution < 1.29 is 0 Å². The monoisotopic (exact) mass is 836 g/mol. The van der Waals surface area contributed by atoms with Crippen LogP contribution in [0, 0.1) is 0 Å². The lowest BCUT2D eigenvalue weighted by Gasteiger charge is -2.13. The molecular weight excluding hydrogens is 797 g/mol. The first-order chi connectivity index (χ1) is 32.7. The molecule has 2 nitrogen and oxygen atoms in total. The standard InChI is InChI=1S/C64H40N2/c1-2-12-49(13-3-1)65-62-21-11-9-19-57(62)60-39-47(30-35-63(60)65)44-24-22-43-37-45(25-23-42(43)36-44)48-29-34-58-56-18-8-10-20-61(56)66(64(58)40-48)50-31-26-41(27-32-50)46-28-33-55-53-16-5-4-14-51(53)52-15-6-7-17-54(52)59(55)38-46/h1-40H. The maximum Gasteiger partial charge on any atom is 0.0547 e. The van der Waals surface area contributed by atoms with Crippen LogP contribution in [0.2, 0.25) is 0 Å². The van der Waals surface area contributed by atoms with Crippen LogP contribution in [0.5, 0.6) is 0 Å². The number of aromatic nitrogens is 2. The van der Waals surface area contributed by atoms with Crippen LogP contribution in [0.3, 0.4) is 0 Å². The second-order valence-corrected chi connectivity index (χ2v) is 17.7. The van der Waals surface area contributed by atoms with E-state index in [4.69, 9.17) is 0 Å². The molecule has 0 amide bonds. The first-order valence-electron chi connectivity index (χ1n) is 22.8. The van der Waals surface area contributed by atoms with E-state index in [1.54, 1.807) is 0 Å². The largest absolute Gasteiger partial charge is 0.309 e. The molecule has 14 rings (SSSR count). The van der Waals surface area contributed by atoms with Crippen LogP contribution in [0.1, 0.15) is 0 Å². The Morgan fingerprint density at radius 3 is 1.18 bits per heavy atom. The average molecular weight is 837 g/mol. The molecule has 12 aromatic carbocycles. The molecule has 0 atom stereocenters. The molecule has 0 spiro atoms. The van der Waals surface area contributed by atoms with Gasteiger partial charge < -0.3 is 9.13 Å². The van der Waals surface area contributed by atoms with Crippen LogP contribution in [-0.2, 0) is 0 Å². The Labute approximate surface area is 381 Å². The number of fused-ring (bicyclic) bond motifs is 13. The van der Waals surface area contributed by atoms with E-state index in [1.807, 2.05) is 0 Å². The molecule has 0 saturated heterocycles. The summed E-state index contributed by atoms with van der Waals surface area (Å²) in [6.07, 6.45) is 0. The summed E-state index contributed by atoms with van der Waals surface area (Å²) < 4.78 is 4.80. The van der Waals surface area contributed by atoms with Gasteiger partial charge in [-0.05, 0) is 149 Å². The molecule has 306 valence electrons. The Bertz CT molecular complexity index is 4230. The van der Waals surface area contributed by atoms with Gasteiger partial charge in [-0.1, -0.05) is 170 Å². The van der Waals surface area contributed by atoms with Crippen LogP contribution in [0.4, 0.5) is 0 Å². The molecule has 2 heterocycles. The Morgan fingerprint density at radius 2 is 0.545 bits per heavy atom. The van der Waals surface area contributed by atoms with Gasteiger partial charge >= 0.3 is 0 Å². The van der Waals surface area contributed by atoms with Crippen LogP contribution < -0.4 is 0 Å². The summed E-state index contributed by atoms with van der Waals surface area (Å²) in [6.45, 7) is 0. The molecule has 2 heteroatoms. The van der Waals surface area contributed by atoms with Crippen molar-refractivity contribution in [2.45, 2.75) is 0 Å². The number of hydrogen-bond donors (Lipinski definition) is 0. The summed E-state index contributed by atoms with van der Waals surface area (Å²) in [5.74, 6) is 0. The van der Waals surface area contributed by atoms with E-state index in [-0.39, 0.29) is 0 Å². The normalized spacial score (nSPS) is 11.9. The Hall–Kier alpha value is -8.72. The smallest absolute Gasteiger partial charge is 0.0547 e. The SMILES string of the molecule is c1ccc(-n2c3ccccc3c3cc(-c4ccc5cc(-c6ccc7c8ccccc8n(-c8ccc(-c9ccc%10c%11ccccc%11c%11ccccc%11c%10c9)cc8)c7c6)ccc5c4)ccc32)cc1. The zero-order valence-electron chi connectivity index (χ0n) is 36.0. The van der Waals surface area contributed by atoms with Gasteiger partial charge in [0.15, 0.2) is 0 Å². The minimum Gasteiger partial charge on any atom is -0.309 e. The van der Waals surface area contributed by atoms with Gasteiger partial charge in [-0.3, -0.25) is 0 Å². The molecule has 66 heavy (non-hydrogen) atoms. The molecule has 0 aliphatic rings. The summed E-state index contributed by atoms with van der Waals surface area (Å²) in [7, 11) is 0. The van der Waals surface area contributed by atoms with Crippen LogP contribution >= 0.6 is 0 Å². The highest BCUT2D eigenvalue weighted by molar-refractivity contribution is 6.25. The van der Waals surface area contributed by atoms with Crippen molar-refractivity contribution in [1.29, 1.82) is 0 Å². The molecular formula is C64H40N2. The number of para-hydroxylation sites is 3. The predicted octanol–water partition coefficient (Wildman–Crippen LogP) is 17.5. The summed E-state index contributed by atoms with van der Waals surface area (Å²) in [6, 6.07) is 89.5. The second kappa shape index (κ2) is 14.4. The van der Waals surface area contributed by atoms with Crippen LogP contribution in [0.15, 0.2) is 243 Å². The third-order valence-corrected chi connectivity index (χ3v) is 14.1. The van der Waals surface area contributed by atoms with Gasteiger partial charge in [0, 0.05) is 32.9 Å². The van der Waals surface area contributed by atoms with Crippen molar-refractivity contribution >= 4 is 86.7 Å². The van der Waals surface area contributed by atoms with E-state index in [1.165, 1.54) is 126 Å². The van der Waals surface area contributed by atoms with E-state index >= 15 is 0 Å². The number of hydrogen-bond acceptors (Lipinski definition) is 0. The van der Waals surface area contributed by atoms with Gasteiger partial charge in [-0.25, -0.2) is 0 Å². The molecule has 0 aliphatic heterocycles. The van der Waals surface area contributed by atoms with E-state index in [2.05, 4.69) is 252 Å². The van der Waals surface area contributed by atoms with Gasteiger partial charge in [0.2, 0.25) is 0 Å². The van der Waals surface area contributed by atoms with Gasteiger partial charge in [-0.15, -0.1) is 0 Å². The maximum atomic E-state index is 2.43. The van der Waals surface area contributed by atoms with E-state index in [9.17, 15) is 0 Å². The zero-order chi connectivity index (χ0) is 43.3. The minimum absolute atomic E-state index is 1.15. The second-order valence-electron chi connectivity index (χ2n) is 17.7. The van der Waals surface area contributed by atoms with Crippen molar-refractivity contribution in [2.75, 3.05) is 0 Å². The summed E-state index contributed by atoms with van der Waals surface area (Å²) in [5.41, 5.74) is 14.4. The Kier molecular flexibility index (Phi) is 8.02. The molecule has 0 aliphatic carbocycles. The van der Waals surface area contributed by atoms with Gasteiger partial charge in [0.25, 0.3) is 0 Å². The lowest BCUT2D eigenvalue weighted by Crippen LogP contribution is -1.94. The van der Waals surface area contributed by atoms with Crippen molar-refractivity contribution in [3.05, 3.63) is 243 Å².